The highest BCUT2D eigenvalue weighted by molar-refractivity contribution is 6.33. The molecule has 6 aromatic carbocycles. The van der Waals surface area contributed by atoms with Crippen molar-refractivity contribution in [3.63, 3.8) is 0 Å². The number of imidazole rings is 2. The monoisotopic (exact) mass is 778 g/mol. The molecule has 4 heterocycles. The Labute approximate surface area is 320 Å². The normalized spacial score (nSPS) is 12.6. The SMILES string of the molecule is [C-]#[N+]c1ccc(-c2cc3c(=O)n4c5cc(C(F)(F)F)cc(C(F)(F)F)c5nc4c4c(-c5ccc(C#N)cc5)cc5c(=O)n6c7cc(C)cc(C)c7nc6c2c5c34)cc1. The maximum absolute atomic E-state index is 15.0. The van der Waals surface area contributed by atoms with Crippen LogP contribution in [0.1, 0.15) is 27.8 Å². The first-order valence-electron chi connectivity index (χ1n) is 17.6. The van der Waals surface area contributed by atoms with E-state index in [0.717, 1.165) is 15.5 Å². The van der Waals surface area contributed by atoms with Crippen LogP contribution >= 0.6 is 0 Å². The van der Waals surface area contributed by atoms with Crippen molar-refractivity contribution in [1.82, 2.24) is 18.8 Å². The maximum atomic E-state index is 15.0. The lowest BCUT2D eigenvalue weighted by molar-refractivity contribution is -0.142. The number of hydrogen-bond donors (Lipinski definition) is 0. The molecule has 58 heavy (non-hydrogen) atoms. The van der Waals surface area contributed by atoms with E-state index in [4.69, 9.17) is 11.6 Å². The molecule has 0 amide bonds. The van der Waals surface area contributed by atoms with Gasteiger partial charge in [0.2, 0.25) is 0 Å². The van der Waals surface area contributed by atoms with Gasteiger partial charge in [-0.25, -0.2) is 14.8 Å². The molecule has 10 rings (SSSR count). The standard InChI is InChI=1S/C44H20F6N6O2/c1-19-12-20(2)37-31(13-19)55-39(53-37)35-27(23-8-10-25(52-3)11-9-23)17-29-34-33(35)28(41(55)57)16-26(22-6-4-21(18-51)5-7-22)36(34)40-54-38-30(44(48,49)50)14-24(43(45,46)47)15-32(38)56(40)42(29)58/h4-17H,1-2H3. The predicted octanol–water partition coefficient (Wildman–Crippen LogP) is 10.8. The molecular weight excluding hydrogens is 759 g/mol. The summed E-state index contributed by atoms with van der Waals surface area (Å²) in [5.41, 5.74) is -1.70. The number of nitriles is 1. The molecule has 280 valence electrons. The average Bonchev–Trinajstić information content (AvgIpc) is 3.77. The van der Waals surface area contributed by atoms with E-state index < -0.39 is 45.6 Å². The largest absolute Gasteiger partial charge is 0.418 e. The third-order valence-corrected chi connectivity index (χ3v) is 10.8. The summed E-state index contributed by atoms with van der Waals surface area (Å²) < 4.78 is 88.9. The van der Waals surface area contributed by atoms with Crippen LogP contribution in [0.15, 0.2) is 94.5 Å². The van der Waals surface area contributed by atoms with Gasteiger partial charge in [-0.15, -0.1) is 0 Å². The van der Waals surface area contributed by atoms with E-state index in [-0.39, 0.29) is 55.4 Å². The highest BCUT2D eigenvalue weighted by Gasteiger charge is 2.40. The molecule has 0 aliphatic heterocycles. The molecule has 0 fully saturated rings. The van der Waals surface area contributed by atoms with E-state index in [1.54, 1.807) is 42.5 Å². The quantitative estimate of drug-likeness (QED) is 0.0989. The minimum atomic E-state index is -5.30. The van der Waals surface area contributed by atoms with Crippen LogP contribution in [0.5, 0.6) is 0 Å². The van der Waals surface area contributed by atoms with Crippen molar-refractivity contribution in [1.29, 1.82) is 5.26 Å². The minimum absolute atomic E-state index is 0.0204. The van der Waals surface area contributed by atoms with Crippen molar-refractivity contribution in [2.24, 2.45) is 0 Å². The van der Waals surface area contributed by atoms with E-state index in [1.165, 1.54) is 22.6 Å². The number of aromatic nitrogens is 4. The first-order valence-corrected chi connectivity index (χ1v) is 17.6. The van der Waals surface area contributed by atoms with Crippen LogP contribution in [-0.2, 0) is 12.4 Å². The van der Waals surface area contributed by atoms with Crippen LogP contribution in [0.3, 0.4) is 0 Å². The summed E-state index contributed by atoms with van der Waals surface area (Å²) in [7, 11) is 0. The second-order valence-corrected chi connectivity index (χ2v) is 14.3. The van der Waals surface area contributed by atoms with Crippen molar-refractivity contribution < 1.29 is 26.3 Å². The number of alkyl halides is 6. The van der Waals surface area contributed by atoms with Crippen LogP contribution in [0.4, 0.5) is 32.0 Å². The van der Waals surface area contributed by atoms with Crippen LogP contribution in [-0.4, -0.2) is 18.8 Å². The summed E-state index contributed by atoms with van der Waals surface area (Å²) in [5.74, 6) is 0. The van der Waals surface area contributed by atoms with Gasteiger partial charge in [-0.3, -0.25) is 18.4 Å². The van der Waals surface area contributed by atoms with E-state index in [2.05, 4.69) is 9.83 Å². The van der Waals surface area contributed by atoms with E-state index >= 15 is 4.79 Å². The van der Waals surface area contributed by atoms with Gasteiger partial charge in [0.1, 0.15) is 16.8 Å². The van der Waals surface area contributed by atoms with Gasteiger partial charge in [-0.2, -0.15) is 31.6 Å². The molecule has 0 saturated heterocycles. The zero-order valence-corrected chi connectivity index (χ0v) is 29.9. The Bertz CT molecular complexity index is 3670. The Kier molecular flexibility index (Phi) is 6.91. The summed E-state index contributed by atoms with van der Waals surface area (Å²) in [6.07, 6.45) is -10.5. The number of fused-ring (bicyclic) bond motifs is 8. The summed E-state index contributed by atoms with van der Waals surface area (Å²) in [6, 6.07) is 21.9. The van der Waals surface area contributed by atoms with E-state index in [1.807, 2.05) is 32.0 Å². The van der Waals surface area contributed by atoms with Crippen molar-refractivity contribution in [3.05, 3.63) is 145 Å². The summed E-state index contributed by atoms with van der Waals surface area (Å²) in [6.45, 7) is 11.2. The highest BCUT2D eigenvalue weighted by Crippen LogP contribution is 2.47. The van der Waals surface area contributed by atoms with Crippen LogP contribution in [0.2, 0.25) is 0 Å². The van der Waals surface area contributed by atoms with Crippen molar-refractivity contribution in [2.45, 2.75) is 26.2 Å². The number of pyridine rings is 2. The minimum Gasteiger partial charge on any atom is -0.268 e. The molecule has 8 nitrogen and oxygen atoms in total. The lowest BCUT2D eigenvalue weighted by Crippen LogP contribution is -2.18. The number of rotatable bonds is 2. The topological polar surface area (TPSA) is 96.9 Å². The Morgan fingerprint density at radius 3 is 1.67 bits per heavy atom. The molecule has 14 heteroatoms. The molecule has 0 bridgehead atoms. The molecule has 0 spiro atoms. The molecule has 0 atom stereocenters. The molecule has 0 aliphatic carbocycles. The zero-order chi connectivity index (χ0) is 40.7. The first-order chi connectivity index (χ1) is 27.6. The smallest absolute Gasteiger partial charge is 0.268 e. The lowest BCUT2D eigenvalue weighted by atomic mass is 9.87. The second kappa shape index (κ2) is 11.5. The van der Waals surface area contributed by atoms with Gasteiger partial charge in [0.25, 0.3) is 11.1 Å². The van der Waals surface area contributed by atoms with Gasteiger partial charge in [0.15, 0.2) is 5.69 Å². The maximum Gasteiger partial charge on any atom is 0.418 e. The van der Waals surface area contributed by atoms with Crippen LogP contribution < -0.4 is 11.1 Å². The fourth-order valence-electron chi connectivity index (χ4n) is 8.40. The molecule has 0 aliphatic rings. The van der Waals surface area contributed by atoms with E-state index in [0.29, 0.717) is 44.9 Å². The number of aryl methyl sites for hydroxylation is 2. The molecule has 10 aromatic rings. The third-order valence-electron chi connectivity index (χ3n) is 10.8. The summed E-state index contributed by atoms with van der Waals surface area (Å²) in [4.78, 5) is 42.8. The van der Waals surface area contributed by atoms with Crippen molar-refractivity contribution >= 4 is 71.4 Å². The fourth-order valence-corrected chi connectivity index (χ4v) is 8.40. The van der Waals surface area contributed by atoms with Crippen LogP contribution in [0, 0.1) is 31.8 Å². The first kappa shape index (κ1) is 34.9. The molecule has 0 radical (unpaired) electrons. The average molecular weight is 779 g/mol. The summed E-state index contributed by atoms with van der Waals surface area (Å²) >= 11 is 0. The lowest BCUT2D eigenvalue weighted by Gasteiger charge is -2.19. The molecular formula is C44H20F6N6O2. The van der Waals surface area contributed by atoms with Gasteiger partial charge >= 0.3 is 12.4 Å². The number of nitrogens with zero attached hydrogens (tertiary/aromatic N) is 6. The van der Waals surface area contributed by atoms with Gasteiger partial charge in [0.05, 0.1) is 45.9 Å². The number of halogens is 6. The number of benzene rings is 6. The van der Waals surface area contributed by atoms with Gasteiger partial charge in [-0.05, 0) is 89.7 Å². The number of hydrogen-bond acceptors (Lipinski definition) is 5. The van der Waals surface area contributed by atoms with Crippen molar-refractivity contribution in [2.75, 3.05) is 0 Å². The molecule has 4 aromatic heterocycles. The molecule has 0 N–H and O–H groups in total. The van der Waals surface area contributed by atoms with E-state index in [9.17, 15) is 36.4 Å². The fraction of sp³-hybridized carbons (Fsp3) is 0.0909. The van der Waals surface area contributed by atoms with Crippen LogP contribution in [0.25, 0.3) is 92.8 Å². The summed E-state index contributed by atoms with van der Waals surface area (Å²) in [5, 5.41) is 10.5. The third kappa shape index (κ3) is 4.69. The predicted molar refractivity (Wildman–Crippen MR) is 208 cm³/mol. The van der Waals surface area contributed by atoms with Gasteiger partial charge < -0.3 is 0 Å². The zero-order valence-electron chi connectivity index (χ0n) is 29.9. The Hall–Kier alpha value is -7.58. The molecule has 0 unspecified atom stereocenters. The molecule has 0 saturated carbocycles. The Balaban J connectivity index is 1.54. The highest BCUT2D eigenvalue weighted by atomic mass is 19.4. The van der Waals surface area contributed by atoms with Gasteiger partial charge in [-0.1, -0.05) is 42.5 Å². The Morgan fingerprint density at radius 1 is 0.655 bits per heavy atom. The second-order valence-electron chi connectivity index (χ2n) is 14.3. The Morgan fingerprint density at radius 2 is 1.17 bits per heavy atom. The van der Waals surface area contributed by atoms with Gasteiger partial charge in [0, 0.05) is 32.3 Å². The van der Waals surface area contributed by atoms with Crippen molar-refractivity contribution in [3.8, 4) is 28.3 Å².